The molecule has 1 aliphatic rings. The third-order valence-corrected chi connectivity index (χ3v) is 12.6. The van der Waals surface area contributed by atoms with E-state index in [0.717, 1.165) is 35.4 Å². The molecular weight excluding hydrogens is 859 g/mol. The van der Waals surface area contributed by atoms with Crippen LogP contribution in [0.4, 0.5) is 5.82 Å². The number of phosphoric ester groups is 3. The van der Waals surface area contributed by atoms with Crippen LogP contribution in [0.2, 0.25) is 0 Å². The Hall–Kier alpha value is -2.48. The molecule has 3 heterocycles. The predicted octanol–water partition coefficient (Wildman–Crippen LogP) is -0.148. The predicted molar refractivity (Wildman–Crippen MR) is 202 cm³/mol. The lowest BCUT2D eigenvalue weighted by Gasteiger charge is -2.30. The number of fused-ring (bicyclic) bond motifs is 1. The van der Waals surface area contributed by atoms with Crippen molar-refractivity contribution in [2.24, 2.45) is 11.3 Å². The second kappa shape index (κ2) is 21.4. The molecule has 0 aromatic carbocycles. The fourth-order valence-corrected chi connectivity index (χ4v) is 9.25. The zero-order chi connectivity index (χ0) is 43.6. The molecule has 1 saturated heterocycles. The van der Waals surface area contributed by atoms with E-state index in [2.05, 4.69) is 34.4 Å². The number of carbonyl (C=O) groups is 3. The van der Waals surface area contributed by atoms with Gasteiger partial charge < -0.3 is 56.0 Å². The van der Waals surface area contributed by atoms with E-state index in [4.69, 9.17) is 19.5 Å². The van der Waals surface area contributed by atoms with Gasteiger partial charge in [0.15, 0.2) is 22.8 Å². The van der Waals surface area contributed by atoms with Crippen LogP contribution < -0.4 is 16.4 Å². The maximum absolute atomic E-state index is 12.7. The molecule has 0 aliphatic carbocycles. The van der Waals surface area contributed by atoms with Crippen LogP contribution in [0.3, 0.4) is 0 Å². The molecule has 0 radical (unpaired) electrons. The van der Waals surface area contributed by atoms with Gasteiger partial charge in [0.25, 0.3) is 0 Å². The number of hydrogen-bond donors (Lipinski definition) is 10. The number of nitrogen functional groups attached to an aromatic ring is 1. The summed E-state index contributed by atoms with van der Waals surface area (Å²) in [6, 6.07) is 0. The van der Waals surface area contributed by atoms with Crippen molar-refractivity contribution in [2.75, 3.05) is 37.8 Å². The summed E-state index contributed by atoms with van der Waals surface area (Å²) in [6.07, 6.45) is -6.00. The Labute approximate surface area is 336 Å². The van der Waals surface area contributed by atoms with Crippen molar-refractivity contribution in [1.29, 1.82) is 0 Å². The van der Waals surface area contributed by atoms with Crippen LogP contribution in [0.15, 0.2) is 12.7 Å². The van der Waals surface area contributed by atoms with E-state index in [1.54, 1.807) is 0 Å². The van der Waals surface area contributed by atoms with E-state index in [1.165, 1.54) is 13.8 Å². The highest BCUT2D eigenvalue weighted by atomic mass is 32.2. The number of ether oxygens (including phenoxy) is 1. The van der Waals surface area contributed by atoms with Crippen molar-refractivity contribution in [1.82, 2.24) is 30.2 Å². The number of nitrogens with one attached hydrogen (secondary N) is 2. The Morgan fingerprint density at radius 3 is 2.34 bits per heavy atom. The van der Waals surface area contributed by atoms with E-state index in [-0.39, 0.29) is 47.4 Å². The first kappa shape index (κ1) is 49.9. The van der Waals surface area contributed by atoms with Crippen molar-refractivity contribution >= 4 is 69.1 Å². The third-order valence-electron chi connectivity index (χ3n) is 8.54. The second-order valence-electron chi connectivity index (χ2n) is 13.6. The molecule has 11 N–H and O–H groups in total. The van der Waals surface area contributed by atoms with E-state index in [0.29, 0.717) is 12.8 Å². The molecule has 9 atom stereocenters. The van der Waals surface area contributed by atoms with Gasteiger partial charge in [-0.05, 0) is 12.8 Å². The molecule has 58 heavy (non-hydrogen) atoms. The van der Waals surface area contributed by atoms with Gasteiger partial charge in [-0.3, -0.25) is 32.5 Å². The van der Waals surface area contributed by atoms with Crippen LogP contribution >= 0.6 is 35.2 Å². The number of imidazole rings is 1. The Morgan fingerprint density at radius 2 is 1.71 bits per heavy atom. The van der Waals surface area contributed by atoms with Crippen molar-refractivity contribution in [3.8, 4) is 0 Å². The number of nitrogens with zero attached hydrogens (tertiary/aromatic N) is 4. The Kier molecular flexibility index (Phi) is 18.4. The highest BCUT2D eigenvalue weighted by molar-refractivity contribution is 8.13. The van der Waals surface area contributed by atoms with Gasteiger partial charge in [0.2, 0.25) is 11.8 Å². The summed E-state index contributed by atoms with van der Waals surface area (Å²) in [7, 11) is -16.4. The first-order valence-corrected chi connectivity index (χ1v) is 23.2. The Morgan fingerprint density at radius 1 is 1.03 bits per heavy atom. The number of amides is 2. The summed E-state index contributed by atoms with van der Waals surface area (Å²) < 4.78 is 62.1. The maximum Gasteiger partial charge on any atom is 0.481 e. The summed E-state index contributed by atoms with van der Waals surface area (Å²) in [6.45, 7) is 4.09. The molecule has 3 rings (SSSR count). The van der Waals surface area contributed by atoms with Crippen LogP contribution in [0.25, 0.3) is 11.2 Å². The van der Waals surface area contributed by atoms with Crippen molar-refractivity contribution in [3.63, 3.8) is 0 Å². The van der Waals surface area contributed by atoms with Gasteiger partial charge in [0, 0.05) is 30.7 Å². The molecule has 2 aromatic heterocycles. The molecule has 0 bridgehead atoms. The Balaban J connectivity index is 1.47. The van der Waals surface area contributed by atoms with Gasteiger partial charge >= 0.3 is 23.5 Å². The third kappa shape index (κ3) is 14.6. The summed E-state index contributed by atoms with van der Waals surface area (Å²) >= 11 is 0.997. The lowest BCUT2D eigenvalue weighted by atomic mass is 9.87. The topological polar surface area (TPSA) is 384 Å². The monoisotopic (exact) mass is 909 g/mol. The van der Waals surface area contributed by atoms with Gasteiger partial charge in [0.05, 0.1) is 31.6 Å². The van der Waals surface area contributed by atoms with Crippen molar-refractivity contribution in [2.45, 2.75) is 90.1 Å². The number of phosphoric acid groups is 3. The second-order valence-corrected chi connectivity index (χ2v) is 18.9. The number of hydrogen-bond acceptors (Lipinski definition) is 19. The van der Waals surface area contributed by atoms with Gasteiger partial charge in [-0.15, -0.1) is 0 Å². The van der Waals surface area contributed by atoms with Gasteiger partial charge in [0.1, 0.15) is 36.3 Å². The first-order valence-electron chi connectivity index (χ1n) is 17.7. The summed E-state index contributed by atoms with van der Waals surface area (Å²) in [4.78, 5) is 88.2. The number of nitrogens with two attached hydrogens (primary N) is 1. The van der Waals surface area contributed by atoms with Crippen LogP contribution in [-0.2, 0) is 50.7 Å². The van der Waals surface area contributed by atoms with E-state index < -0.39 is 96.6 Å². The number of thioether (sulfide) groups is 1. The molecular formula is C29H50N7O18P3S. The number of aliphatic hydroxyl groups is 3. The zero-order valence-electron chi connectivity index (χ0n) is 31.8. The first-order chi connectivity index (χ1) is 26.9. The van der Waals surface area contributed by atoms with Gasteiger partial charge in [-0.25, -0.2) is 28.6 Å². The molecule has 4 unspecified atom stereocenters. The fourth-order valence-electron chi connectivity index (χ4n) is 5.48. The molecule has 2 aromatic rings. The van der Waals surface area contributed by atoms with E-state index >= 15 is 0 Å². The maximum atomic E-state index is 12.7. The summed E-state index contributed by atoms with van der Waals surface area (Å²) in [5, 5.41) is 36.4. The quantitative estimate of drug-likeness (QED) is 0.0483. The average Bonchev–Trinajstić information content (AvgIpc) is 3.68. The summed E-state index contributed by atoms with van der Waals surface area (Å²) in [5.74, 6) is -1.74. The van der Waals surface area contributed by atoms with Crippen LogP contribution in [0.1, 0.15) is 59.6 Å². The smallest absolute Gasteiger partial charge is 0.392 e. The number of carbonyl (C=O) groups excluding carboxylic acids is 3. The van der Waals surface area contributed by atoms with E-state index in [1.807, 2.05) is 13.8 Å². The van der Waals surface area contributed by atoms with Gasteiger partial charge in [-0.1, -0.05) is 45.9 Å². The standard InChI is InChI=1S/C29H50N7O18P3S/c1-5-7-17(37)16(6-2)28(42)58-11-10-31-19(38)8-9-32-26(41)23(40)29(3,4)13-51-57(48,49)54-56(46,47)50-12-18-22(53-55(43,44)45)21(39)27(52-18)36-15-35-20-24(30)33-14-34-25(20)36/h14-18,21-23,27,37,39-40H,5-13H2,1-4H3,(H,31,38)(H,32,41)(H,46,47)(H,48,49)(H2,30,33,34)(H2,43,44,45)/t16?,17?,18-,21-,22-,23+,27-/m1/s1. The minimum absolute atomic E-state index is 0.0264. The average molecular weight is 910 g/mol. The molecule has 0 saturated carbocycles. The number of aliphatic hydroxyl groups excluding tert-OH is 3. The molecule has 0 spiro atoms. The van der Waals surface area contributed by atoms with Gasteiger partial charge in [-0.2, -0.15) is 4.31 Å². The molecule has 2 amide bonds. The van der Waals surface area contributed by atoms with Crippen molar-refractivity contribution < 1.29 is 85.6 Å². The highest BCUT2D eigenvalue weighted by Crippen LogP contribution is 2.61. The number of rotatable bonds is 24. The van der Waals surface area contributed by atoms with Crippen LogP contribution in [0.5, 0.6) is 0 Å². The zero-order valence-corrected chi connectivity index (χ0v) is 35.3. The lowest BCUT2D eigenvalue weighted by Crippen LogP contribution is -2.46. The van der Waals surface area contributed by atoms with Crippen molar-refractivity contribution in [3.05, 3.63) is 12.7 Å². The minimum atomic E-state index is -5.58. The lowest BCUT2D eigenvalue weighted by molar-refractivity contribution is -0.137. The van der Waals surface area contributed by atoms with Crippen LogP contribution in [-0.4, -0.2) is 134 Å². The molecule has 1 aliphatic heterocycles. The molecule has 1 fully saturated rings. The fraction of sp³-hybridized carbons (Fsp3) is 0.724. The molecule has 29 heteroatoms. The van der Waals surface area contributed by atoms with E-state index in [9.17, 15) is 63.0 Å². The largest absolute Gasteiger partial charge is 0.481 e. The summed E-state index contributed by atoms with van der Waals surface area (Å²) in [5.41, 5.74) is 4.24. The number of aromatic nitrogens is 4. The number of anilines is 1. The highest BCUT2D eigenvalue weighted by Gasteiger charge is 2.50. The SMILES string of the molecule is CCCC(O)C(CC)C(=O)SCCNC(=O)CCNC(=O)[C@H](O)C(C)(C)COP(=O)(O)OP(=O)(O)OC[C@H]1O[C@@H](n2cnc3c(N)ncnc32)[C@H](O)[C@@H]1OP(=O)(O)O. The van der Waals surface area contributed by atoms with Crippen LogP contribution in [0, 0.1) is 11.3 Å². The minimum Gasteiger partial charge on any atom is -0.392 e. The Bertz CT molecular complexity index is 1870. The normalized spacial score (nSPS) is 22.5. The molecule has 330 valence electrons. The molecule has 25 nitrogen and oxygen atoms in total.